The summed E-state index contributed by atoms with van der Waals surface area (Å²) in [6, 6.07) is 3.59. The molecular formula is C11H18N4O2S2. The normalized spacial score (nSPS) is 12.0. The van der Waals surface area contributed by atoms with Crippen LogP contribution in [-0.2, 0) is 16.8 Å². The van der Waals surface area contributed by atoms with Gasteiger partial charge in [0.25, 0.3) is 10.2 Å². The topological polar surface area (TPSA) is 79.5 Å². The van der Waals surface area contributed by atoms with Crippen molar-refractivity contribution < 1.29 is 8.42 Å². The SMILES string of the molecule is CN(C)S(=O)(=O)N(CCC(N)=S)Cc1cccnc1. The molecule has 1 aromatic rings. The van der Waals surface area contributed by atoms with E-state index in [0.29, 0.717) is 11.4 Å². The molecule has 0 aliphatic carbocycles. The lowest BCUT2D eigenvalue weighted by molar-refractivity contribution is 0.376. The highest BCUT2D eigenvalue weighted by molar-refractivity contribution is 7.86. The molecule has 0 aromatic carbocycles. The second-order valence-electron chi connectivity index (χ2n) is 4.20. The summed E-state index contributed by atoms with van der Waals surface area (Å²) in [7, 11) is -0.524. The highest BCUT2D eigenvalue weighted by Gasteiger charge is 2.24. The van der Waals surface area contributed by atoms with Gasteiger partial charge in [-0.15, -0.1) is 0 Å². The van der Waals surface area contributed by atoms with Gasteiger partial charge in [0, 0.05) is 46.0 Å². The van der Waals surface area contributed by atoms with E-state index >= 15 is 0 Å². The molecule has 0 saturated heterocycles. The fraction of sp³-hybridized carbons (Fsp3) is 0.455. The first kappa shape index (κ1) is 16.0. The average molecular weight is 302 g/mol. The number of aromatic nitrogens is 1. The molecule has 0 saturated carbocycles. The highest BCUT2D eigenvalue weighted by atomic mass is 32.2. The Morgan fingerprint density at radius 3 is 2.63 bits per heavy atom. The van der Waals surface area contributed by atoms with Crippen molar-refractivity contribution in [2.45, 2.75) is 13.0 Å². The highest BCUT2D eigenvalue weighted by Crippen LogP contribution is 2.11. The fourth-order valence-corrected chi connectivity index (χ4v) is 2.62. The summed E-state index contributed by atoms with van der Waals surface area (Å²) in [4.78, 5) is 4.27. The number of nitrogens with two attached hydrogens (primary N) is 1. The standard InChI is InChI=1S/C11H18N4O2S2/c1-14(2)19(16,17)15(7-5-11(12)18)9-10-4-3-6-13-8-10/h3-4,6,8H,5,7,9H2,1-2H3,(H2,12,18). The van der Waals surface area contributed by atoms with Crippen LogP contribution < -0.4 is 5.73 Å². The molecule has 0 amide bonds. The molecule has 0 bridgehead atoms. The van der Waals surface area contributed by atoms with Crippen molar-refractivity contribution >= 4 is 27.4 Å². The van der Waals surface area contributed by atoms with Crippen molar-refractivity contribution in [1.82, 2.24) is 13.6 Å². The van der Waals surface area contributed by atoms with E-state index in [2.05, 4.69) is 4.98 Å². The van der Waals surface area contributed by atoms with Crippen LogP contribution in [0.15, 0.2) is 24.5 Å². The molecule has 0 atom stereocenters. The zero-order valence-electron chi connectivity index (χ0n) is 11.0. The van der Waals surface area contributed by atoms with Crippen LogP contribution >= 0.6 is 12.2 Å². The Morgan fingerprint density at radius 2 is 2.16 bits per heavy atom. The van der Waals surface area contributed by atoms with Crippen LogP contribution in [0.4, 0.5) is 0 Å². The van der Waals surface area contributed by atoms with Crippen LogP contribution in [0.2, 0.25) is 0 Å². The van der Waals surface area contributed by atoms with Crippen LogP contribution in [0, 0.1) is 0 Å². The molecule has 6 nitrogen and oxygen atoms in total. The summed E-state index contributed by atoms with van der Waals surface area (Å²) in [5, 5.41) is 0. The first-order valence-electron chi connectivity index (χ1n) is 5.69. The van der Waals surface area contributed by atoms with E-state index in [-0.39, 0.29) is 13.1 Å². The van der Waals surface area contributed by atoms with Crippen LogP contribution in [0.3, 0.4) is 0 Å². The predicted octanol–water partition coefficient (Wildman–Crippen LogP) is 0.366. The minimum atomic E-state index is -3.51. The Labute approximate surface area is 119 Å². The smallest absolute Gasteiger partial charge is 0.281 e. The van der Waals surface area contributed by atoms with Gasteiger partial charge in [0.2, 0.25) is 0 Å². The van der Waals surface area contributed by atoms with Crippen molar-refractivity contribution in [1.29, 1.82) is 0 Å². The number of thiocarbonyl (C=S) groups is 1. The summed E-state index contributed by atoms with van der Waals surface area (Å²) >= 11 is 4.80. The quantitative estimate of drug-likeness (QED) is 0.736. The van der Waals surface area contributed by atoms with Crippen molar-refractivity contribution in [2.75, 3.05) is 20.6 Å². The van der Waals surface area contributed by atoms with Gasteiger partial charge in [0.15, 0.2) is 0 Å². The van der Waals surface area contributed by atoms with E-state index in [1.807, 2.05) is 6.07 Å². The van der Waals surface area contributed by atoms with Gasteiger partial charge in [0.05, 0.1) is 4.99 Å². The Kier molecular flexibility index (Phi) is 5.80. The third-order valence-electron chi connectivity index (χ3n) is 2.48. The van der Waals surface area contributed by atoms with Crippen molar-refractivity contribution in [3.63, 3.8) is 0 Å². The van der Waals surface area contributed by atoms with E-state index in [4.69, 9.17) is 18.0 Å². The molecule has 0 unspecified atom stereocenters. The van der Waals surface area contributed by atoms with Crippen LogP contribution in [0.5, 0.6) is 0 Å². The second-order valence-corrected chi connectivity index (χ2v) is 6.87. The minimum Gasteiger partial charge on any atom is -0.393 e. The summed E-state index contributed by atoms with van der Waals surface area (Å²) in [5.74, 6) is 0. The van der Waals surface area contributed by atoms with Crippen molar-refractivity contribution in [3.05, 3.63) is 30.1 Å². The van der Waals surface area contributed by atoms with Gasteiger partial charge in [-0.2, -0.15) is 17.0 Å². The minimum absolute atomic E-state index is 0.247. The van der Waals surface area contributed by atoms with E-state index in [1.54, 1.807) is 18.5 Å². The monoisotopic (exact) mass is 302 g/mol. The first-order valence-corrected chi connectivity index (χ1v) is 7.49. The molecule has 1 rings (SSSR count). The average Bonchev–Trinajstić information content (AvgIpc) is 2.35. The largest absolute Gasteiger partial charge is 0.393 e. The third-order valence-corrected chi connectivity index (χ3v) is 4.57. The molecular weight excluding hydrogens is 284 g/mol. The number of hydrogen-bond acceptors (Lipinski definition) is 4. The summed E-state index contributed by atoms with van der Waals surface area (Å²) < 4.78 is 26.9. The molecule has 0 aliphatic rings. The first-order chi connectivity index (χ1) is 8.84. The van der Waals surface area contributed by atoms with E-state index < -0.39 is 10.2 Å². The van der Waals surface area contributed by atoms with Crippen LogP contribution in [-0.4, -0.2) is 47.6 Å². The Hall–Kier alpha value is -1.09. The van der Waals surface area contributed by atoms with Gasteiger partial charge in [-0.1, -0.05) is 18.3 Å². The number of pyridine rings is 1. The summed E-state index contributed by atoms with van der Waals surface area (Å²) in [6.45, 7) is 0.502. The molecule has 0 aliphatic heterocycles. The number of nitrogens with zero attached hydrogens (tertiary/aromatic N) is 3. The van der Waals surface area contributed by atoms with Gasteiger partial charge in [-0.3, -0.25) is 4.98 Å². The van der Waals surface area contributed by atoms with E-state index in [0.717, 1.165) is 5.56 Å². The summed E-state index contributed by atoms with van der Waals surface area (Å²) in [5.41, 5.74) is 6.25. The maximum atomic E-state index is 12.2. The number of rotatable bonds is 7. The molecule has 0 radical (unpaired) electrons. The van der Waals surface area contributed by atoms with Crippen LogP contribution in [0.1, 0.15) is 12.0 Å². The molecule has 8 heteroatoms. The molecule has 0 fully saturated rings. The van der Waals surface area contributed by atoms with Gasteiger partial charge in [0.1, 0.15) is 0 Å². The second kappa shape index (κ2) is 6.90. The molecule has 0 spiro atoms. The van der Waals surface area contributed by atoms with Gasteiger partial charge >= 0.3 is 0 Å². The maximum Gasteiger partial charge on any atom is 0.281 e. The molecule has 19 heavy (non-hydrogen) atoms. The van der Waals surface area contributed by atoms with Gasteiger partial charge < -0.3 is 5.73 Å². The Bertz CT molecular complexity index is 517. The van der Waals surface area contributed by atoms with E-state index in [1.165, 1.54) is 22.7 Å². The zero-order chi connectivity index (χ0) is 14.5. The molecule has 1 heterocycles. The Morgan fingerprint density at radius 1 is 1.47 bits per heavy atom. The third kappa shape index (κ3) is 4.83. The lowest BCUT2D eigenvalue weighted by Gasteiger charge is -2.25. The molecule has 2 N–H and O–H groups in total. The summed E-state index contributed by atoms with van der Waals surface area (Å²) in [6.07, 6.45) is 3.63. The van der Waals surface area contributed by atoms with Gasteiger partial charge in [-0.25, -0.2) is 0 Å². The zero-order valence-corrected chi connectivity index (χ0v) is 12.6. The fourth-order valence-electron chi connectivity index (χ4n) is 1.44. The lowest BCUT2D eigenvalue weighted by Crippen LogP contribution is -2.41. The van der Waals surface area contributed by atoms with Crippen molar-refractivity contribution in [3.8, 4) is 0 Å². The Balaban J connectivity index is 2.90. The van der Waals surface area contributed by atoms with Crippen molar-refractivity contribution in [2.24, 2.45) is 5.73 Å². The maximum absolute atomic E-state index is 12.2. The van der Waals surface area contributed by atoms with E-state index in [9.17, 15) is 8.42 Å². The number of hydrogen-bond donors (Lipinski definition) is 1. The van der Waals surface area contributed by atoms with Crippen LogP contribution in [0.25, 0.3) is 0 Å². The molecule has 1 aromatic heterocycles. The molecule has 106 valence electrons. The lowest BCUT2D eigenvalue weighted by atomic mass is 10.3. The predicted molar refractivity (Wildman–Crippen MR) is 78.7 cm³/mol. The van der Waals surface area contributed by atoms with Gasteiger partial charge in [-0.05, 0) is 11.6 Å².